The van der Waals surface area contributed by atoms with E-state index in [1.165, 1.54) is 5.56 Å². The number of ketones is 1. The molecule has 0 saturated heterocycles. The van der Waals surface area contributed by atoms with Crippen LogP contribution in [-0.4, -0.2) is 31.9 Å². The van der Waals surface area contributed by atoms with Crippen molar-refractivity contribution in [3.63, 3.8) is 0 Å². The van der Waals surface area contributed by atoms with Crippen LogP contribution in [-0.2, 0) is 27.1 Å². The van der Waals surface area contributed by atoms with Crippen molar-refractivity contribution in [2.45, 2.75) is 39.4 Å². The first-order valence-corrected chi connectivity index (χ1v) is 7.25. The second-order valence-electron chi connectivity index (χ2n) is 4.75. The summed E-state index contributed by atoms with van der Waals surface area (Å²) in [5.74, 6) is 0.979. The molecule has 1 heterocycles. The molecule has 110 valence electrons. The van der Waals surface area contributed by atoms with Gasteiger partial charge in [-0.15, -0.1) is 0 Å². The third kappa shape index (κ3) is 3.81. The molecule has 0 unspecified atom stereocenters. The molecule has 2 rings (SSSR count). The summed E-state index contributed by atoms with van der Waals surface area (Å²) in [4.78, 5) is 12.1. The average Bonchev–Trinajstić information content (AvgIpc) is 2.92. The zero-order valence-electron chi connectivity index (χ0n) is 12.2. The smallest absolute Gasteiger partial charge is 0.217 e. The fraction of sp³-hybridized carbons (Fsp3) is 0.562. The van der Waals surface area contributed by atoms with E-state index in [2.05, 4.69) is 6.07 Å². The average molecular weight is 278 g/mol. The van der Waals surface area contributed by atoms with Gasteiger partial charge in [-0.2, -0.15) is 0 Å². The lowest BCUT2D eigenvalue weighted by molar-refractivity contribution is -0.167. The Kier molecular flexibility index (Phi) is 5.56. The van der Waals surface area contributed by atoms with Crippen molar-refractivity contribution in [1.29, 1.82) is 0 Å². The monoisotopic (exact) mass is 278 g/mol. The SMILES string of the molecule is CCOC(OCC)C(=O)CCc1ccc2c(c1)CCO2. The molecule has 4 nitrogen and oxygen atoms in total. The molecule has 0 saturated carbocycles. The Balaban J connectivity index is 1.89. The molecule has 0 fully saturated rings. The molecule has 4 heteroatoms. The number of fused-ring (bicyclic) bond motifs is 1. The molecule has 20 heavy (non-hydrogen) atoms. The maximum absolute atomic E-state index is 12.1. The van der Waals surface area contributed by atoms with Gasteiger partial charge < -0.3 is 14.2 Å². The van der Waals surface area contributed by atoms with Gasteiger partial charge >= 0.3 is 0 Å². The van der Waals surface area contributed by atoms with E-state index in [9.17, 15) is 4.79 Å². The van der Waals surface area contributed by atoms with Crippen LogP contribution in [0.3, 0.4) is 0 Å². The lowest BCUT2D eigenvalue weighted by atomic mass is 10.0. The lowest BCUT2D eigenvalue weighted by Crippen LogP contribution is -2.28. The van der Waals surface area contributed by atoms with Crippen LogP contribution < -0.4 is 4.74 Å². The number of Topliss-reactive ketones (excluding diaryl/α,β-unsaturated/α-hetero) is 1. The van der Waals surface area contributed by atoms with Gasteiger partial charge in [0, 0.05) is 26.1 Å². The maximum Gasteiger partial charge on any atom is 0.217 e. The summed E-state index contributed by atoms with van der Waals surface area (Å²) < 4.78 is 16.1. The molecule has 0 aliphatic carbocycles. The highest BCUT2D eigenvalue weighted by Crippen LogP contribution is 2.26. The van der Waals surface area contributed by atoms with Gasteiger partial charge in [0.2, 0.25) is 6.29 Å². The number of ether oxygens (including phenoxy) is 3. The Labute approximate surface area is 120 Å². The molecule has 0 N–H and O–H groups in total. The molecule has 0 spiro atoms. The Morgan fingerprint density at radius 1 is 1.30 bits per heavy atom. The summed E-state index contributed by atoms with van der Waals surface area (Å²) in [6.07, 6.45) is 1.38. The molecule has 1 aliphatic heterocycles. The predicted octanol–water partition coefficient (Wildman–Crippen LogP) is 2.52. The van der Waals surface area contributed by atoms with E-state index in [-0.39, 0.29) is 5.78 Å². The van der Waals surface area contributed by atoms with Crippen LogP contribution >= 0.6 is 0 Å². The Morgan fingerprint density at radius 3 is 2.75 bits per heavy atom. The highest BCUT2D eigenvalue weighted by molar-refractivity contribution is 5.82. The van der Waals surface area contributed by atoms with Gasteiger partial charge in [-0.1, -0.05) is 12.1 Å². The van der Waals surface area contributed by atoms with Gasteiger partial charge in [-0.25, -0.2) is 0 Å². The number of benzene rings is 1. The quantitative estimate of drug-likeness (QED) is 0.685. The normalized spacial score (nSPS) is 13.3. The first-order chi connectivity index (χ1) is 9.74. The van der Waals surface area contributed by atoms with E-state index in [0.717, 1.165) is 24.3 Å². The van der Waals surface area contributed by atoms with Crippen LogP contribution in [0.2, 0.25) is 0 Å². The minimum absolute atomic E-state index is 0.00504. The molecule has 0 aromatic heterocycles. The summed E-state index contributed by atoms with van der Waals surface area (Å²) in [5, 5.41) is 0. The first kappa shape index (κ1) is 15.0. The van der Waals surface area contributed by atoms with Gasteiger partial charge in [0.1, 0.15) is 5.75 Å². The highest BCUT2D eigenvalue weighted by Gasteiger charge is 2.19. The molecule has 0 bridgehead atoms. The fourth-order valence-electron chi connectivity index (χ4n) is 2.32. The van der Waals surface area contributed by atoms with Crippen molar-refractivity contribution in [2.24, 2.45) is 0 Å². The van der Waals surface area contributed by atoms with E-state index in [0.29, 0.717) is 26.1 Å². The summed E-state index contributed by atoms with van der Waals surface area (Å²) in [6, 6.07) is 6.14. The number of rotatable bonds is 8. The van der Waals surface area contributed by atoms with E-state index in [1.54, 1.807) is 0 Å². The largest absolute Gasteiger partial charge is 0.493 e. The molecule has 0 amide bonds. The number of carbonyl (C=O) groups is 1. The summed E-state index contributed by atoms with van der Waals surface area (Å²) in [7, 11) is 0. The Morgan fingerprint density at radius 2 is 2.05 bits per heavy atom. The standard InChI is InChI=1S/C16H22O4/c1-3-18-16(19-4-2)14(17)7-5-12-6-8-15-13(11-12)9-10-20-15/h6,8,11,16H,3-5,7,9-10H2,1-2H3. The second kappa shape index (κ2) is 7.41. The molecule has 1 aromatic rings. The van der Waals surface area contributed by atoms with E-state index in [4.69, 9.17) is 14.2 Å². The fourth-order valence-corrected chi connectivity index (χ4v) is 2.32. The van der Waals surface area contributed by atoms with Crippen LogP contribution in [0.1, 0.15) is 31.4 Å². The van der Waals surface area contributed by atoms with Crippen LogP contribution in [0, 0.1) is 0 Å². The molecule has 0 atom stereocenters. The number of carbonyl (C=O) groups excluding carboxylic acids is 1. The predicted molar refractivity (Wildman–Crippen MR) is 76.0 cm³/mol. The molecule has 1 aromatic carbocycles. The van der Waals surface area contributed by atoms with Gasteiger partial charge in [-0.3, -0.25) is 4.79 Å². The molecular formula is C16H22O4. The minimum atomic E-state index is -0.720. The summed E-state index contributed by atoms with van der Waals surface area (Å²) >= 11 is 0. The van der Waals surface area contributed by atoms with Crippen molar-refractivity contribution in [2.75, 3.05) is 19.8 Å². The summed E-state index contributed by atoms with van der Waals surface area (Å²) in [5.41, 5.74) is 2.40. The number of hydrogen-bond donors (Lipinski definition) is 0. The van der Waals surface area contributed by atoms with E-state index >= 15 is 0 Å². The second-order valence-corrected chi connectivity index (χ2v) is 4.75. The maximum atomic E-state index is 12.1. The topological polar surface area (TPSA) is 44.8 Å². The summed E-state index contributed by atoms with van der Waals surface area (Å²) in [6.45, 7) is 5.44. The highest BCUT2D eigenvalue weighted by atomic mass is 16.7. The van der Waals surface area contributed by atoms with E-state index in [1.807, 2.05) is 26.0 Å². The first-order valence-electron chi connectivity index (χ1n) is 7.25. The van der Waals surface area contributed by atoms with Crippen LogP contribution in [0.4, 0.5) is 0 Å². The van der Waals surface area contributed by atoms with E-state index < -0.39 is 6.29 Å². The van der Waals surface area contributed by atoms with Gasteiger partial charge in [0.05, 0.1) is 6.61 Å². The van der Waals surface area contributed by atoms with Crippen LogP contribution in [0.5, 0.6) is 5.75 Å². The molecular weight excluding hydrogens is 256 g/mol. The Bertz CT molecular complexity index is 450. The third-order valence-corrected chi connectivity index (χ3v) is 3.31. The van der Waals surface area contributed by atoms with Crippen LogP contribution in [0.25, 0.3) is 0 Å². The van der Waals surface area contributed by atoms with Crippen molar-refractivity contribution < 1.29 is 19.0 Å². The zero-order chi connectivity index (χ0) is 14.4. The molecule has 1 aliphatic rings. The molecule has 0 radical (unpaired) electrons. The van der Waals surface area contributed by atoms with Crippen molar-refractivity contribution >= 4 is 5.78 Å². The van der Waals surface area contributed by atoms with Crippen molar-refractivity contribution in [1.82, 2.24) is 0 Å². The van der Waals surface area contributed by atoms with Crippen molar-refractivity contribution in [3.8, 4) is 5.75 Å². The lowest BCUT2D eigenvalue weighted by Gasteiger charge is -2.15. The number of aryl methyl sites for hydroxylation is 1. The van der Waals surface area contributed by atoms with Gasteiger partial charge in [0.25, 0.3) is 0 Å². The van der Waals surface area contributed by atoms with Gasteiger partial charge in [-0.05, 0) is 37.5 Å². The van der Waals surface area contributed by atoms with Gasteiger partial charge in [0.15, 0.2) is 5.78 Å². The van der Waals surface area contributed by atoms with Crippen LogP contribution in [0.15, 0.2) is 18.2 Å². The minimum Gasteiger partial charge on any atom is -0.493 e. The van der Waals surface area contributed by atoms with Crippen molar-refractivity contribution in [3.05, 3.63) is 29.3 Å². The number of hydrogen-bond acceptors (Lipinski definition) is 4. The Hall–Kier alpha value is -1.39. The third-order valence-electron chi connectivity index (χ3n) is 3.31. The zero-order valence-corrected chi connectivity index (χ0v) is 12.2.